The second kappa shape index (κ2) is 11.8. The van der Waals surface area contributed by atoms with E-state index in [9.17, 15) is 15.0 Å². The minimum atomic E-state index is -0.579. The van der Waals surface area contributed by atoms with Crippen molar-refractivity contribution in [3.8, 4) is 0 Å². The van der Waals surface area contributed by atoms with Gasteiger partial charge in [-0.15, -0.1) is 0 Å². The summed E-state index contributed by atoms with van der Waals surface area (Å²) >= 11 is 0. The predicted octanol–water partition coefficient (Wildman–Crippen LogP) is 4.63. The molecule has 0 amide bonds. The normalized spacial score (nSPS) is 26.8. The van der Waals surface area contributed by atoms with E-state index in [1.54, 1.807) is 0 Å². The molecule has 0 aromatic carbocycles. The molecule has 1 rings (SSSR count). The summed E-state index contributed by atoms with van der Waals surface area (Å²) in [6.45, 7) is 6.41. The maximum atomic E-state index is 11.1. The highest BCUT2D eigenvalue weighted by Gasteiger charge is 2.37. The van der Waals surface area contributed by atoms with Crippen LogP contribution in [-0.2, 0) is 9.53 Å². The standard InChI is InChI=1S/C22H40O4/c1-5-10-17(3)22(25,6-2)16-15-18-13-14-20(23)19(18)11-8-7-9-12-21(24)26-4/h7-8,17-20,23,25H,5-6,9-16H2,1-4H3/b8-7-. The Hall–Kier alpha value is -0.870. The van der Waals surface area contributed by atoms with Crippen LogP contribution >= 0.6 is 0 Å². The third kappa shape index (κ3) is 7.03. The molecule has 2 N–H and O–H groups in total. The molecule has 1 aliphatic rings. The number of allylic oxidation sites excluding steroid dienone is 2. The largest absolute Gasteiger partial charge is 0.469 e. The minimum absolute atomic E-state index is 0.187. The molecule has 5 unspecified atom stereocenters. The monoisotopic (exact) mass is 368 g/mol. The van der Waals surface area contributed by atoms with E-state index in [-0.39, 0.29) is 18.0 Å². The molecule has 0 saturated heterocycles. The van der Waals surface area contributed by atoms with Crippen LogP contribution in [0.25, 0.3) is 0 Å². The molecule has 4 heteroatoms. The smallest absolute Gasteiger partial charge is 0.305 e. The maximum Gasteiger partial charge on any atom is 0.305 e. The van der Waals surface area contributed by atoms with Crippen LogP contribution in [0.2, 0.25) is 0 Å². The van der Waals surface area contributed by atoms with E-state index < -0.39 is 5.60 Å². The second-order valence-corrected chi connectivity index (χ2v) is 8.08. The Morgan fingerprint density at radius 3 is 2.65 bits per heavy atom. The van der Waals surface area contributed by atoms with Gasteiger partial charge in [0.05, 0.1) is 18.8 Å². The van der Waals surface area contributed by atoms with Gasteiger partial charge in [-0.1, -0.05) is 39.3 Å². The molecule has 1 saturated carbocycles. The molecule has 1 aliphatic carbocycles. The molecule has 0 aromatic heterocycles. The lowest BCUT2D eigenvalue weighted by Gasteiger charge is -2.35. The number of hydrogen-bond donors (Lipinski definition) is 2. The van der Waals surface area contributed by atoms with Crippen LogP contribution in [0.3, 0.4) is 0 Å². The van der Waals surface area contributed by atoms with Gasteiger partial charge in [-0.25, -0.2) is 0 Å². The molecule has 0 spiro atoms. The Morgan fingerprint density at radius 2 is 2.04 bits per heavy atom. The number of hydrogen-bond acceptors (Lipinski definition) is 4. The van der Waals surface area contributed by atoms with Gasteiger partial charge in [-0.2, -0.15) is 0 Å². The third-order valence-electron chi connectivity index (χ3n) is 6.45. The van der Waals surface area contributed by atoms with E-state index in [1.807, 2.05) is 6.08 Å². The molecule has 0 radical (unpaired) electrons. The summed E-state index contributed by atoms with van der Waals surface area (Å²) in [5.74, 6) is 0.878. The van der Waals surface area contributed by atoms with Gasteiger partial charge in [0.15, 0.2) is 0 Å². The summed E-state index contributed by atoms with van der Waals surface area (Å²) in [6.07, 6.45) is 12.5. The molecule has 0 aromatic rings. The van der Waals surface area contributed by atoms with Crippen molar-refractivity contribution in [2.45, 2.75) is 96.7 Å². The van der Waals surface area contributed by atoms with Crippen LogP contribution in [0.1, 0.15) is 85.0 Å². The number of carbonyl (C=O) groups is 1. The van der Waals surface area contributed by atoms with Crippen LogP contribution in [0.4, 0.5) is 0 Å². The van der Waals surface area contributed by atoms with E-state index in [2.05, 4.69) is 31.6 Å². The lowest BCUT2D eigenvalue weighted by Crippen LogP contribution is -2.36. The first-order valence-corrected chi connectivity index (χ1v) is 10.5. The van der Waals surface area contributed by atoms with Crippen LogP contribution < -0.4 is 0 Å². The van der Waals surface area contributed by atoms with Gasteiger partial charge in [0.25, 0.3) is 0 Å². The van der Waals surface area contributed by atoms with Crippen LogP contribution in [0.5, 0.6) is 0 Å². The number of rotatable bonds is 12. The average molecular weight is 369 g/mol. The number of esters is 1. The number of ether oxygens (including phenoxy) is 1. The number of aliphatic hydroxyl groups is 2. The zero-order valence-corrected chi connectivity index (χ0v) is 17.2. The molecule has 0 aliphatic heterocycles. The fraction of sp³-hybridized carbons (Fsp3) is 0.864. The molecule has 5 atom stereocenters. The van der Waals surface area contributed by atoms with Crippen molar-refractivity contribution in [3.05, 3.63) is 12.2 Å². The van der Waals surface area contributed by atoms with Gasteiger partial charge in [-0.05, 0) is 69.1 Å². The summed E-state index contributed by atoms with van der Waals surface area (Å²) in [5, 5.41) is 21.4. The number of methoxy groups -OCH3 is 1. The number of aliphatic hydroxyl groups excluding tert-OH is 1. The van der Waals surface area contributed by atoms with E-state index in [4.69, 9.17) is 0 Å². The van der Waals surface area contributed by atoms with Crippen molar-refractivity contribution in [2.24, 2.45) is 17.8 Å². The zero-order chi connectivity index (χ0) is 19.6. The van der Waals surface area contributed by atoms with Crippen LogP contribution in [0.15, 0.2) is 12.2 Å². The van der Waals surface area contributed by atoms with E-state index in [0.717, 1.165) is 51.4 Å². The maximum absolute atomic E-state index is 11.1. The molecule has 152 valence electrons. The number of carbonyl (C=O) groups excluding carboxylic acids is 1. The molecule has 0 heterocycles. The van der Waals surface area contributed by atoms with E-state index in [1.165, 1.54) is 7.11 Å². The molecule has 1 fully saturated rings. The first-order valence-electron chi connectivity index (χ1n) is 10.5. The third-order valence-corrected chi connectivity index (χ3v) is 6.45. The first kappa shape index (κ1) is 23.2. The van der Waals surface area contributed by atoms with E-state index >= 15 is 0 Å². The summed E-state index contributed by atoms with van der Waals surface area (Å²) in [4.78, 5) is 11.1. The van der Waals surface area contributed by atoms with Gasteiger partial charge in [0.1, 0.15) is 0 Å². The molecule has 26 heavy (non-hydrogen) atoms. The second-order valence-electron chi connectivity index (χ2n) is 8.08. The zero-order valence-electron chi connectivity index (χ0n) is 17.2. The lowest BCUT2D eigenvalue weighted by atomic mass is 9.77. The predicted molar refractivity (Wildman–Crippen MR) is 106 cm³/mol. The van der Waals surface area contributed by atoms with Crippen LogP contribution in [-0.4, -0.2) is 35.0 Å². The quantitative estimate of drug-likeness (QED) is 0.389. The van der Waals surface area contributed by atoms with E-state index in [0.29, 0.717) is 24.7 Å². The van der Waals surface area contributed by atoms with Crippen LogP contribution in [0, 0.1) is 17.8 Å². The Labute approximate surface area is 160 Å². The topological polar surface area (TPSA) is 66.8 Å². The fourth-order valence-electron chi connectivity index (χ4n) is 4.42. The Bertz CT molecular complexity index is 434. The Morgan fingerprint density at radius 1 is 1.31 bits per heavy atom. The average Bonchev–Trinajstić information content (AvgIpc) is 2.99. The van der Waals surface area contributed by atoms with Crippen molar-refractivity contribution in [2.75, 3.05) is 7.11 Å². The van der Waals surface area contributed by atoms with Gasteiger partial charge in [-0.3, -0.25) is 4.79 Å². The van der Waals surface area contributed by atoms with Crippen molar-refractivity contribution in [1.29, 1.82) is 0 Å². The lowest BCUT2D eigenvalue weighted by molar-refractivity contribution is -0.140. The molecular formula is C22H40O4. The van der Waals surface area contributed by atoms with Crippen molar-refractivity contribution in [1.82, 2.24) is 0 Å². The summed E-state index contributed by atoms with van der Waals surface area (Å²) in [7, 11) is 1.41. The summed E-state index contributed by atoms with van der Waals surface area (Å²) in [6, 6.07) is 0. The SMILES string of the molecule is CCCC(C)C(O)(CC)CCC1CCC(O)C1C/C=C\CCC(=O)OC. The molecular weight excluding hydrogens is 328 g/mol. The van der Waals surface area contributed by atoms with Gasteiger partial charge >= 0.3 is 5.97 Å². The van der Waals surface area contributed by atoms with Crippen molar-refractivity contribution < 1.29 is 19.7 Å². The highest BCUT2D eigenvalue weighted by molar-refractivity contribution is 5.69. The van der Waals surface area contributed by atoms with Gasteiger partial charge in [0.2, 0.25) is 0 Å². The van der Waals surface area contributed by atoms with Gasteiger partial charge in [0, 0.05) is 6.42 Å². The summed E-state index contributed by atoms with van der Waals surface area (Å²) < 4.78 is 4.64. The fourth-order valence-corrected chi connectivity index (χ4v) is 4.42. The first-order chi connectivity index (χ1) is 12.4. The molecule has 4 nitrogen and oxygen atoms in total. The summed E-state index contributed by atoms with van der Waals surface area (Å²) in [5.41, 5.74) is -0.579. The highest BCUT2D eigenvalue weighted by Crippen LogP contribution is 2.40. The molecule has 0 bridgehead atoms. The Balaban J connectivity index is 2.51. The van der Waals surface area contributed by atoms with Crippen molar-refractivity contribution >= 4 is 5.97 Å². The minimum Gasteiger partial charge on any atom is -0.469 e. The highest BCUT2D eigenvalue weighted by atomic mass is 16.5. The van der Waals surface area contributed by atoms with Crippen molar-refractivity contribution in [3.63, 3.8) is 0 Å². The van der Waals surface area contributed by atoms with Gasteiger partial charge < -0.3 is 14.9 Å². The Kier molecular flexibility index (Phi) is 10.5.